The van der Waals surface area contributed by atoms with E-state index in [2.05, 4.69) is 10.6 Å². The van der Waals surface area contributed by atoms with Gasteiger partial charge in [0.15, 0.2) is 11.5 Å². The van der Waals surface area contributed by atoms with E-state index in [1.54, 1.807) is 36.0 Å². The Kier molecular flexibility index (Phi) is 7.41. The van der Waals surface area contributed by atoms with Crippen LogP contribution in [0.25, 0.3) is 0 Å². The molecule has 0 aromatic heterocycles. The topological polar surface area (TPSA) is 76.7 Å². The molecular formula is C22H26N2O4S. The summed E-state index contributed by atoms with van der Waals surface area (Å²) in [5, 5.41) is 5.88. The summed E-state index contributed by atoms with van der Waals surface area (Å²) in [6.07, 6.45) is 2.53. The van der Waals surface area contributed by atoms with Crippen molar-refractivity contribution in [2.45, 2.75) is 25.4 Å². The molecule has 1 heterocycles. The van der Waals surface area contributed by atoms with Crippen molar-refractivity contribution in [3.8, 4) is 11.5 Å². The average Bonchev–Trinajstić information content (AvgIpc) is 2.76. The molecule has 1 aliphatic heterocycles. The van der Waals surface area contributed by atoms with Crippen LogP contribution in [0.3, 0.4) is 0 Å². The second-order valence-electron chi connectivity index (χ2n) is 6.81. The van der Waals surface area contributed by atoms with Gasteiger partial charge in [0, 0.05) is 5.56 Å². The first-order valence-electron chi connectivity index (χ1n) is 9.63. The number of hydrogen-bond acceptors (Lipinski definition) is 5. The molecule has 2 amide bonds. The van der Waals surface area contributed by atoms with E-state index < -0.39 is 6.04 Å². The van der Waals surface area contributed by atoms with Gasteiger partial charge in [-0.25, -0.2) is 0 Å². The molecule has 154 valence electrons. The Morgan fingerprint density at radius 1 is 1.03 bits per heavy atom. The van der Waals surface area contributed by atoms with Crippen LogP contribution in [-0.2, 0) is 4.79 Å². The number of carbonyl (C=O) groups is 2. The SMILES string of the molecule is CSCC[C@H](NC(=O)c1ccccc1)C(=O)N[C@H](C)c1ccc2c(c1)OCCO2. The summed E-state index contributed by atoms with van der Waals surface area (Å²) < 4.78 is 11.2. The molecule has 2 atom stereocenters. The highest BCUT2D eigenvalue weighted by Crippen LogP contribution is 2.32. The minimum atomic E-state index is -0.602. The Morgan fingerprint density at radius 3 is 2.48 bits per heavy atom. The Morgan fingerprint density at radius 2 is 1.76 bits per heavy atom. The molecule has 2 aromatic carbocycles. The fourth-order valence-corrected chi connectivity index (χ4v) is 3.53. The zero-order valence-corrected chi connectivity index (χ0v) is 17.5. The largest absolute Gasteiger partial charge is 0.486 e. The fraction of sp³-hybridized carbons (Fsp3) is 0.364. The molecule has 0 radical (unpaired) electrons. The molecular weight excluding hydrogens is 388 g/mol. The summed E-state index contributed by atoms with van der Waals surface area (Å²) in [6, 6.07) is 13.7. The summed E-state index contributed by atoms with van der Waals surface area (Å²) in [5.41, 5.74) is 1.45. The lowest BCUT2D eigenvalue weighted by atomic mass is 10.1. The lowest BCUT2D eigenvalue weighted by molar-refractivity contribution is -0.123. The van der Waals surface area contributed by atoms with Crippen molar-refractivity contribution < 1.29 is 19.1 Å². The van der Waals surface area contributed by atoms with Gasteiger partial charge in [0.05, 0.1) is 6.04 Å². The number of nitrogens with one attached hydrogen (secondary N) is 2. The van der Waals surface area contributed by atoms with Crippen molar-refractivity contribution in [2.24, 2.45) is 0 Å². The molecule has 0 bridgehead atoms. The summed E-state index contributed by atoms with van der Waals surface area (Å²) in [7, 11) is 0. The lowest BCUT2D eigenvalue weighted by Crippen LogP contribution is -2.47. The van der Waals surface area contributed by atoms with Crippen LogP contribution in [0.2, 0.25) is 0 Å². The Balaban J connectivity index is 1.66. The van der Waals surface area contributed by atoms with Gasteiger partial charge in [0.1, 0.15) is 19.3 Å². The number of amides is 2. The maximum absolute atomic E-state index is 12.9. The van der Waals surface area contributed by atoms with E-state index in [-0.39, 0.29) is 17.9 Å². The molecule has 2 aromatic rings. The molecule has 29 heavy (non-hydrogen) atoms. The van der Waals surface area contributed by atoms with Crippen LogP contribution in [-0.4, -0.2) is 43.1 Å². The number of ether oxygens (including phenoxy) is 2. The van der Waals surface area contributed by atoms with Crippen LogP contribution >= 0.6 is 11.8 Å². The summed E-state index contributed by atoms with van der Waals surface area (Å²) in [4.78, 5) is 25.4. The first kappa shape index (κ1) is 21.0. The maximum atomic E-state index is 12.9. The summed E-state index contributed by atoms with van der Waals surface area (Å²) in [5.74, 6) is 1.72. The molecule has 3 rings (SSSR count). The second kappa shape index (κ2) is 10.2. The highest BCUT2D eigenvalue weighted by atomic mass is 32.2. The average molecular weight is 415 g/mol. The first-order valence-corrected chi connectivity index (χ1v) is 11.0. The van der Waals surface area contributed by atoms with Gasteiger partial charge in [-0.15, -0.1) is 0 Å². The third-order valence-electron chi connectivity index (χ3n) is 4.69. The first-order chi connectivity index (χ1) is 14.1. The van der Waals surface area contributed by atoms with Crippen molar-refractivity contribution in [3.05, 3.63) is 59.7 Å². The Bertz CT molecular complexity index is 844. The molecule has 0 saturated heterocycles. The van der Waals surface area contributed by atoms with Gasteiger partial charge in [-0.05, 0) is 55.2 Å². The van der Waals surface area contributed by atoms with E-state index in [9.17, 15) is 9.59 Å². The number of fused-ring (bicyclic) bond motifs is 1. The van der Waals surface area contributed by atoms with E-state index in [1.807, 2.05) is 37.4 Å². The highest BCUT2D eigenvalue weighted by molar-refractivity contribution is 7.98. The number of thioether (sulfide) groups is 1. The van der Waals surface area contributed by atoms with E-state index in [4.69, 9.17) is 9.47 Å². The molecule has 0 saturated carbocycles. The van der Waals surface area contributed by atoms with Crippen LogP contribution < -0.4 is 20.1 Å². The van der Waals surface area contributed by atoms with Crippen LogP contribution in [0.15, 0.2) is 48.5 Å². The van der Waals surface area contributed by atoms with Crippen molar-refractivity contribution in [1.29, 1.82) is 0 Å². The molecule has 0 aliphatic carbocycles. The van der Waals surface area contributed by atoms with Crippen molar-refractivity contribution >= 4 is 23.6 Å². The number of rotatable bonds is 8. The van der Waals surface area contributed by atoms with Crippen molar-refractivity contribution in [1.82, 2.24) is 10.6 Å². The standard InChI is InChI=1S/C22H26N2O4S/c1-15(17-8-9-19-20(14-17)28-12-11-27-19)23-22(26)18(10-13-29-2)24-21(25)16-6-4-3-5-7-16/h3-9,14-15,18H,10-13H2,1-2H3,(H,23,26)(H,24,25)/t15-,18+/m1/s1. The van der Waals surface area contributed by atoms with Crippen LogP contribution in [0.4, 0.5) is 0 Å². The number of benzene rings is 2. The molecule has 6 nitrogen and oxygen atoms in total. The third-order valence-corrected chi connectivity index (χ3v) is 5.34. The van der Waals surface area contributed by atoms with Gasteiger partial charge in [-0.1, -0.05) is 24.3 Å². The minimum Gasteiger partial charge on any atom is -0.486 e. The monoisotopic (exact) mass is 414 g/mol. The highest BCUT2D eigenvalue weighted by Gasteiger charge is 2.23. The quantitative estimate of drug-likeness (QED) is 0.694. The van der Waals surface area contributed by atoms with E-state index in [1.165, 1.54) is 0 Å². The van der Waals surface area contributed by atoms with Gasteiger partial charge in [-0.2, -0.15) is 11.8 Å². The maximum Gasteiger partial charge on any atom is 0.251 e. The Labute approximate surface area is 175 Å². The number of carbonyl (C=O) groups excluding carboxylic acids is 2. The van der Waals surface area contributed by atoms with Crippen molar-refractivity contribution in [2.75, 3.05) is 25.2 Å². The van der Waals surface area contributed by atoms with Gasteiger partial charge >= 0.3 is 0 Å². The zero-order chi connectivity index (χ0) is 20.6. The molecule has 7 heteroatoms. The van der Waals surface area contributed by atoms with E-state index in [0.29, 0.717) is 36.7 Å². The summed E-state index contributed by atoms with van der Waals surface area (Å²) in [6.45, 7) is 2.96. The second-order valence-corrected chi connectivity index (χ2v) is 7.79. The lowest BCUT2D eigenvalue weighted by Gasteiger charge is -2.23. The van der Waals surface area contributed by atoms with Gasteiger partial charge in [0.25, 0.3) is 5.91 Å². The normalized spacial score (nSPS) is 14.6. The van der Waals surface area contributed by atoms with Gasteiger partial charge in [0.2, 0.25) is 5.91 Å². The van der Waals surface area contributed by atoms with E-state index >= 15 is 0 Å². The van der Waals surface area contributed by atoms with Crippen molar-refractivity contribution in [3.63, 3.8) is 0 Å². The fourth-order valence-electron chi connectivity index (χ4n) is 3.06. The smallest absolute Gasteiger partial charge is 0.251 e. The van der Waals surface area contributed by atoms with Gasteiger partial charge < -0.3 is 20.1 Å². The van der Waals surface area contributed by atoms with Crippen LogP contribution in [0.1, 0.15) is 35.3 Å². The van der Waals surface area contributed by atoms with Crippen LogP contribution in [0, 0.1) is 0 Å². The Hall–Kier alpha value is -2.67. The predicted octanol–water partition coefficient (Wildman–Crippen LogP) is 3.19. The predicted molar refractivity (Wildman–Crippen MR) is 115 cm³/mol. The van der Waals surface area contributed by atoms with Gasteiger partial charge in [-0.3, -0.25) is 9.59 Å². The third kappa shape index (κ3) is 5.67. The molecule has 2 N–H and O–H groups in total. The van der Waals surface area contributed by atoms with Crippen LogP contribution in [0.5, 0.6) is 11.5 Å². The minimum absolute atomic E-state index is 0.203. The molecule has 0 spiro atoms. The molecule has 0 unspecified atom stereocenters. The van der Waals surface area contributed by atoms with E-state index in [0.717, 1.165) is 11.3 Å². The number of hydrogen-bond donors (Lipinski definition) is 2. The molecule has 1 aliphatic rings. The molecule has 0 fully saturated rings. The zero-order valence-electron chi connectivity index (χ0n) is 16.6. The summed E-state index contributed by atoms with van der Waals surface area (Å²) >= 11 is 1.64.